The molecule has 5 nitrogen and oxygen atoms in total. The smallest absolute Gasteiger partial charge is 0.287 e. The molecule has 3 rings (SSSR count). The van der Waals surface area contributed by atoms with E-state index in [2.05, 4.69) is 10.3 Å². The molecule has 0 spiro atoms. The van der Waals surface area contributed by atoms with Gasteiger partial charge in [0.25, 0.3) is 5.91 Å². The Hall–Kier alpha value is -2.54. The minimum Gasteiger partial charge on any atom is -0.455 e. The largest absolute Gasteiger partial charge is 0.455 e. The molecule has 0 radical (unpaired) electrons. The number of aromatic nitrogens is 2. The molecule has 7 heteroatoms. The fourth-order valence-corrected chi connectivity index (χ4v) is 2.90. The maximum atomic E-state index is 12.8. The summed E-state index contributed by atoms with van der Waals surface area (Å²) in [7, 11) is 1.92. The quantitative estimate of drug-likeness (QED) is 0.696. The molecule has 124 valence electrons. The van der Waals surface area contributed by atoms with Crippen molar-refractivity contribution >= 4 is 17.7 Å². The van der Waals surface area contributed by atoms with E-state index in [1.807, 2.05) is 17.8 Å². The molecule has 1 aromatic carbocycles. The van der Waals surface area contributed by atoms with Gasteiger partial charge in [-0.3, -0.25) is 4.79 Å². The number of carbonyl (C=O) groups is 1. The van der Waals surface area contributed by atoms with Crippen LogP contribution in [0.2, 0.25) is 0 Å². The van der Waals surface area contributed by atoms with E-state index in [4.69, 9.17) is 4.42 Å². The first kappa shape index (κ1) is 16.3. The predicted octanol–water partition coefficient (Wildman–Crippen LogP) is 3.37. The number of hydrogen-bond donors (Lipinski definition) is 1. The fraction of sp³-hybridized carbons (Fsp3) is 0.176. The molecule has 1 N–H and O–H groups in total. The normalized spacial score (nSPS) is 10.8. The van der Waals surface area contributed by atoms with Crippen LogP contribution in [0.15, 0.2) is 58.4 Å². The number of thioether (sulfide) groups is 1. The fourth-order valence-electron chi connectivity index (χ4n) is 2.08. The summed E-state index contributed by atoms with van der Waals surface area (Å²) in [5.74, 6) is 0.955. The number of imidazole rings is 1. The molecule has 0 aliphatic carbocycles. The molecule has 2 aromatic heterocycles. The minimum atomic E-state index is -0.300. The van der Waals surface area contributed by atoms with Crippen LogP contribution in [0.1, 0.15) is 21.9 Å². The summed E-state index contributed by atoms with van der Waals surface area (Å²) in [6.07, 6.45) is 3.61. The van der Waals surface area contributed by atoms with Gasteiger partial charge in [0.15, 0.2) is 10.9 Å². The molecule has 0 atom stereocenters. The summed E-state index contributed by atoms with van der Waals surface area (Å²) in [6.45, 7) is 0.317. The predicted molar refractivity (Wildman–Crippen MR) is 89.0 cm³/mol. The third-order valence-electron chi connectivity index (χ3n) is 3.37. The van der Waals surface area contributed by atoms with E-state index in [1.54, 1.807) is 30.5 Å². The number of nitrogens with zero attached hydrogens (tertiary/aromatic N) is 2. The van der Waals surface area contributed by atoms with E-state index in [0.29, 0.717) is 18.1 Å². The Balaban J connectivity index is 1.53. The highest BCUT2D eigenvalue weighted by molar-refractivity contribution is 7.98. The van der Waals surface area contributed by atoms with Crippen LogP contribution in [-0.2, 0) is 19.3 Å². The Bertz CT molecular complexity index is 826. The van der Waals surface area contributed by atoms with Crippen molar-refractivity contribution in [1.82, 2.24) is 14.9 Å². The highest BCUT2D eigenvalue weighted by atomic mass is 32.2. The molecular weight excluding hydrogens is 329 g/mol. The standard InChI is InChI=1S/C17H16FN3O2S/c1-21-9-8-19-17(21)24-11-14-6-7-15(23-14)16(22)20-10-12-2-4-13(18)5-3-12/h2-9H,10-11H2,1H3,(H,20,22). The van der Waals surface area contributed by atoms with E-state index in [-0.39, 0.29) is 17.5 Å². The van der Waals surface area contributed by atoms with Gasteiger partial charge in [-0.15, -0.1) is 0 Å². The summed E-state index contributed by atoms with van der Waals surface area (Å²) >= 11 is 1.53. The lowest BCUT2D eigenvalue weighted by Crippen LogP contribution is -2.22. The highest BCUT2D eigenvalue weighted by Crippen LogP contribution is 2.21. The summed E-state index contributed by atoms with van der Waals surface area (Å²) in [6, 6.07) is 9.42. The zero-order valence-electron chi connectivity index (χ0n) is 13.0. The number of furan rings is 1. The minimum absolute atomic E-state index is 0.257. The first-order chi connectivity index (χ1) is 11.6. The number of hydrogen-bond acceptors (Lipinski definition) is 4. The van der Waals surface area contributed by atoms with E-state index in [9.17, 15) is 9.18 Å². The molecule has 0 saturated carbocycles. The van der Waals surface area contributed by atoms with Gasteiger partial charge in [-0.1, -0.05) is 23.9 Å². The van der Waals surface area contributed by atoms with Crippen molar-refractivity contribution in [2.75, 3.05) is 0 Å². The Labute approximate surface area is 142 Å². The molecule has 0 unspecified atom stereocenters. The van der Waals surface area contributed by atoms with Crippen LogP contribution in [-0.4, -0.2) is 15.5 Å². The summed E-state index contributed by atoms with van der Waals surface area (Å²) in [4.78, 5) is 16.3. The number of amides is 1. The van der Waals surface area contributed by atoms with Crippen LogP contribution >= 0.6 is 11.8 Å². The topological polar surface area (TPSA) is 60.1 Å². The van der Waals surface area contributed by atoms with Crippen LogP contribution in [0.4, 0.5) is 4.39 Å². The van der Waals surface area contributed by atoms with Crippen molar-refractivity contribution in [3.8, 4) is 0 Å². The number of carbonyl (C=O) groups excluding carboxylic acids is 1. The second kappa shape index (κ2) is 7.35. The van der Waals surface area contributed by atoms with Gasteiger partial charge in [-0.2, -0.15) is 0 Å². The number of aryl methyl sites for hydroxylation is 1. The molecule has 0 saturated heterocycles. The molecule has 0 aliphatic heterocycles. The van der Waals surface area contributed by atoms with Gasteiger partial charge in [0.05, 0.1) is 5.75 Å². The van der Waals surface area contributed by atoms with Crippen molar-refractivity contribution in [2.24, 2.45) is 7.05 Å². The van der Waals surface area contributed by atoms with Crippen molar-refractivity contribution < 1.29 is 13.6 Å². The molecular formula is C17H16FN3O2S. The van der Waals surface area contributed by atoms with Crippen molar-refractivity contribution in [3.05, 3.63) is 71.7 Å². The molecule has 3 aromatic rings. The maximum absolute atomic E-state index is 12.8. The van der Waals surface area contributed by atoms with Gasteiger partial charge in [-0.05, 0) is 29.8 Å². The van der Waals surface area contributed by atoms with E-state index in [1.165, 1.54) is 23.9 Å². The SMILES string of the molecule is Cn1ccnc1SCc1ccc(C(=O)NCc2ccc(F)cc2)o1. The first-order valence-corrected chi connectivity index (χ1v) is 8.32. The number of benzene rings is 1. The van der Waals surface area contributed by atoms with E-state index >= 15 is 0 Å². The van der Waals surface area contributed by atoms with Crippen molar-refractivity contribution in [3.63, 3.8) is 0 Å². The van der Waals surface area contributed by atoms with Crippen LogP contribution in [0.5, 0.6) is 0 Å². The van der Waals surface area contributed by atoms with Crippen LogP contribution < -0.4 is 5.32 Å². The van der Waals surface area contributed by atoms with E-state index in [0.717, 1.165) is 10.7 Å². The lowest BCUT2D eigenvalue weighted by atomic mass is 10.2. The number of rotatable bonds is 6. The van der Waals surface area contributed by atoms with Gasteiger partial charge in [0.2, 0.25) is 0 Å². The zero-order valence-corrected chi connectivity index (χ0v) is 13.8. The van der Waals surface area contributed by atoms with Gasteiger partial charge >= 0.3 is 0 Å². The Morgan fingerprint density at radius 1 is 1.29 bits per heavy atom. The average molecular weight is 345 g/mol. The molecule has 0 aliphatic rings. The van der Waals surface area contributed by atoms with Crippen molar-refractivity contribution in [1.29, 1.82) is 0 Å². The van der Waals surface area contributed by atoms with Gasteiger partial charge in [-0.25, -0.2) is 9.37 Å². The van der Waals surface area contributed by atoms with Gasteiger partial charge in [0.1, 0.15) is 11.6 Å². The zero-order chi connectivity index (χ0) is 16.9. The molecule has 2 heterocycles. The molecule has 24 heavy (non-hydrogen) atoms. The molecule has 0 bridgehead atoms. The highest BCUT2D eigenvalue weighted by Gasteiger charge is 2.12. The summed E-state index contributed by atoms with van der Waals surface area (Å²) in [5.41, 5.74) is 0.821. The van der Waals surface area contributed by atoms with Gasteiger partial charge < -0.3 is 14.3 Å². The van der Waals surface area contributed by atoms with Gasteiger partial charge in [0, 0.05) is 26.0 Å². The lowest BCUT2D eigenvalue weighted by Gasteiger charge is -2.03. The average Bonchev–Trinajstić information content (AvgIpc) is 3.21. The lowest BCUT2D eigenvalue weighted by molar-refractivity contribution is 0.0922. The second-order valence-corrected chi connectivity index (χ2v) is 6.13. The monoisotopic (exact) mass is 345 g/mol. The van der Waals surface area contributed by atoms with Crippen LogP contribution in [0.25, 0.3) is 0 Å². The third-order valence-corrected chi connectivity index (χ3v) is 4.45. The van der Waals surface area contributed by atoms with Crippen LogP contribution in [0, 0.1) is 5.82 Å². The maximum Gasteiger partial charge on any atom is 0.287 e. The molecule has 1 amide bonds. The van der Waals surface area contributed by atoms with E-state index < -0.39 is 0 Å². The van der Waals surface area contributed by atoms with Crippen LogP contribution in [0.3, 0.4) is 0 Å². The second-order valence-electron chi connectivity index (χ2n) is 5.18. The number of nitrogens with one attached hydrogen (secondary N) is 1. The summed E-state index contributed by atoms with van der Waals surface area (Å²) in [5, 5.41) is 3.63. The Morgan fingerprint density at radius 3 is 2.79 bits per heavy atom. The first-order valence-electron chi connectivity index (χ1n) is 7.33. The van der Waals surface area contributed by atoms with Crippen molar-refractivity contribution in [2.45, 2.75) is 17.5 Å². The third kappa shape index (κ3) is 4.05. The Kier molecular flexibility index (Phi) is 5.00. The number of halogens is 1. The summed E-state index contributed by atoms with van der Waals surface area (Å²) < 4.78 is 20.3. The molecule has 0 fully saturated rings. The Morgan fingerprint density at radius 2 is 2.08 bits per heavy atom.